The highest BCUT2D eigenvalue weighted by Gasteiger charge is 2.28. The molecule has 142 valence electrons. The molecule has 0 saturated heterocycles. The summed E-state index contributed by atoms with van der Waals surface area (Å²) >= 11 is 0. The number of unbranched alkanes of at least 4 members (excludes halogenated alkanes) is 2. The molecule has 0 atom stereocenters. The Morgan fingerprint density at radius 2 is 1.56 bits per heavy atom. The Morgan fingerprint density at radius 3 is 2.19 bits per heavy atom. The van der Waals surface area contributed by atoms with E-state index in [4.69, 9.17) is 10.6 Å². The van der Waals surface area contributed by atoms with Crippen molar-refractivity contribution in [3.8, 4) is 11.1 Å². The van der Waals surface area contributed by atoms with Crippen LogP contribution in [0.25, 0.3) is 11.1 Å². The van der Waals surface area contributed by atoms with Crippen molar-refractivity contribution in [3.05, 3.63) is 59.7 Å². The van der Waals surface area contributed by atoms with Crippen molar-refractivity contribution in [2.75, 3.05) is 13.2 Å². The van der Waals surface area contributed by atoms with Crippen molar-refractivity contribution < 1.29 is 14.3 Å². The summed E-state index contributed by atoms with van der Waals surface area (Å²) in [6, 6.07) is 16.5. The second-order valence-corrected chi connectivity index (χ2v) is 6.63. The van der Waals surface area contributed by atoms with Crippen molar-refractivity contribution in [2.45, 2.75) is 31.6 Å². The molecule has 1 aliphatic rings. The van der Waals surface area contributed by atoms with Crippen LogP contribution in [-0.4, -0.2) is 25.2 Å². The van der Waals surface area contributed by atoms with Gasteiger partial charge in [0, 0.05) is 18.9 Å². The zero-order chi connectivity index (χ0) is 19.1. The number of carbonyl (C=O) groups excluding carboxylic acids is 2. The van der Waals surface area contributed by atoms with Crippen molar-refractivity contribution in [1.82, 2.24) is 10.7 Å². The van der Waals surface area contributed by atoms with Gasteiger partial charge in [-0.1, -0.05) is 55.0 Å². The summed E-state index contributed by atoms with van der Waals surface area (Å²) in [5, 5.41) is 2.77. The molecular formula is C21H25N3O3. The number of ether oxygens (including phenoxy) is 1. The fraction of sp³-hybridized carbons (Fsp3) is 0.333. The number of benzene rings is 2. The van der Waals surface area contributed by atoms with E-state index in [1.165, 1.54) is 22.3 Å². The summed E-state index contributed by atoms with van der Waals surface area (Å²) in [5.41, 5.74) is 6.92. The van der Waals surface area contributed by atoms with Gasteiger partial charge in [-0.25, -0.2) is 10.6 Å². The third kappa shape index (κ3) is 4.65. The predicted octanol–water partition coefficient (Wildman–Crippen LogP) is 3.08. The summed E-state index contributed by atoms with van der Waals surface area (Å²) in [7, 11) is 0. The number of rotatable bonds is 8. The number of nitrogens with one attached hydrogen (secondary N) is 2. The Labute approximate surface area is 159 Å². The lowest BCUT2D eigenvalue weighted by atomic mass is 9.98. The molecule has 2 aromatic carbocycles. The van der Waals surface area contributed by atoms with Gasteiger partial charge in [0.1, 0.15) is 6.61 Å². The van der Waals surface area contributed by atoms with Crippen LogP contribution in [0.5, 0.6) is 0 Å². The molecule has 27 heavy (non-hydrogen) atoms. The van der Waals surface area contributed by atoms with E-state index in [-0.39, 0.29) is 11.8 Å². The lowest BCUT2D eigenvalue weighted by Gasteiger charge is -2.14. The Kier molecular flexibility index (Phi) is 6.44. The number of nitrogens with two attached hydrogens (primary N) is 1. The molecule has 1 aliphatic carbocycles. The molecule has 0 unspecified atom stereocenters. The molecular weight excluding hydrogens is 342 g/mol. The summed E-state index contributed by atoms with van der Waals surface area (Å²) in [6.45, 7) is 0.845. The van der Waals surface area contributed by atoms with Gasteiger partial charge in [-0.15, -0.1) is 0 Å². The summed E-state index contributed by atoms with van der Waals surface area (Å²) in [5.74, 6) is 4.92. The van der Waals surface area contributed by atoms with Crippen LogP contribution >= 0.6 is 0 Å². The highest BCUT2D eigenvalue weighted by atomic mass is 16.5. The van der Waals surface area contributed by atoms with Gasteiger partial charge in [0.25, 0.3) is 0 Å². The average molecular weight is 367 g/mol. The number of carbonyl (C=O) groups is 2. The monoisotopic (exact) mass is 367 g/mol. The molecule has 0 spiro atoms. The molecule has 6 nitrogen and oxygen atoms in total. The van der Waals surface area contributed by atoms with E-state index in [1.54, 1.807) is 0 Å². The minimum absolute atomic E-state index is 0.0675. The first-order chi connectivity index (χ1) is 13.2. The topological polar surface area (TPSA) is 93.5 Å². The number of hydrogen-bond donors (Lipinski definition) is 3. The molecule has 0 saturated carbocycles. The minimum atomic E-state index is -0.406. The first-order valence-electron chi connectivity index (χ1n) is 9.29. The normalized spacial score (nSPS) is 12.2. The third-order valence-corrected chi connectivity index (χ3v) is 4.85. The maximum absolute atomic E-state index is 12.0. The van der Waals surface area contributed by atoms with Crippen LogP contribution < -0.4 is 16.6 Å². The van der Waals surface area contributed by atoms with Gasteiger partial charge in [-0.05, 0) is 35.1 Å². The number of amides is 2. The average Bonchev–Trinajstić information content (AvgIpc) is 3.02. The zero-order valence-electron chi connectivity index (χ0n) is 15.2. The van der Waals surface area contributed by atoms with Gasteiger partial charge in [-0.2, -0.15) is 0 Å². The van der Waals surface area contributed by atoms with Crippen molar-refractivity contribution in [3.63, 3.8) is 0 Å². The Bertz CT molecular complexity index is 761. The van der Waals surface area contributed by atoms with Gasteiger partial charge in [-0.3, -0.25) is 10.2 Å². The molecule has 0 aliphatic heterocycles. The van der Waals surface area contributed by atoms with Crippen LogP contribution in [0.2, 0.25) is 0 Å². The molecule has 0 heterocycles. The van der Waals surface area contributed by atoms with Gasteiger partial charge in [0.15, 0.2) is 0 Å². The zero-order valence-corrected chi connectivity index (χ0v) is 15.2. The maximum atomic E-state index is 12.0. The number of hydrogen-bond acceptors (Lipinski definition) is 4. The largest absolute Gasteiger partial charge is 0.449 e. The van der Waals surface area contributed by atoms with E-state index >= 15 is 0 Å². The number of hydrazine groups is 1. The first kappa shape index (κ1) is 18.9. The molecule has 3 rings (SSSR count). The smallest absolute Gasteiger partial charge is 0.407 e. The van der Waals surface area contributed by atoms with E-state index in [2.05, 4.69) is 35.0 Å². The van der Waals surface area contributed by atoms with E-state index < -0.39 is 6.09 Å². The maximum Gasteiger partial charge on any atom is 0.407 e. The number of alkyl carbamates (subject to hydrolysis) is 1. The molecule has 0 bridgehead atoms. The quantitative estimate of drug-likeness (QED) is 0.289. The molecule has 0 aromatic heterocycles. The summed E-state index contributed by atoms with van der Waals surface area (Å²) in [6.07, 6.45) is 2.38. The molecule has 2 aromatic rings. The van der Waals surface area contributed by atoms with E-state index in [0.717, 1.165) is 19.3 Å². The lowest BCUT2D eigenvalue weighted by molar-refractivity contribution is -0.121. The molecule has 2 amide bonds. The van der Waals surface area contributed by atoms with E-state index in [1.807, 2.05) is 24.3 Å². The Balaban J connectivity index is 1.45. The molecule has 4 N–H and O–H groups in total. The fourth-order valence-electron chi connectivity index (χ4n) is 3.50. The number of fused-ring (bicyclic) bond motifs is 3. The van der Waals surface area contributed by atoms with Crippen LogP contribution in [0.4, 0.5) is 4.79 Å². The van der Waals surface area contributed by atoms with Gasteiger partial charge < -0.3 is 10.1 Å². The first-order valence-corrected chi connectivity index (χ1v) is 9.29. The van der Waals surface area contributed by atoms with Gasteiger partial charge >= 0.3 is 6.09 Å². The summed E-state index contributed by atoms with van der Waals surface area (Å²) in [4.78, 5) is 23.0. The second-order valence-electron chi connectivity index (χ2n) is 6.63. The van der Waals surface area contributed by atoms with Crippen LogP contribution in [0, 0.1) is 0 Å². The Morgan fingerprint density at radius 1 is 0.926 bits per heavy atom. The van der Waals surface area contributed by atoms with E-state index in [0.29, 0.717) is 19.6 Å². The van der Waals surface area contributed by atoms with Crippen LogP contribution in [0.3, 0.4) is 0 Å². The highest BCUT2D eigenvalue weighted by Crippen LogP contribution is 2.44. The Hall–Kier alpha value is -2.86. The molecule has 0 fully saturated rings. The van der Waals surface area contributed by atoms with Crippen LogP contribution in [-0.2, 0) is 9.53 Å². The summed E-state index contributed by atoms with van der Waals surface area (Å²) < 4.78 is 5.47. The standard InChI is InChI=1S/C21H25N3O3/c22-24-20(25)12-2-1-7-13-23-21(26)27-14-19-17-10-5-3-8-15(17)16-9-4-6-11-18(16)19/h3-6,8-11,19H,1-2,7,12-14,22H2,(H,23,26)(H,24,25). The third-order valence-electron chi connectivity index (χ3n) is 4.85. The van der Waals surface area contributed by atoms with Crippen molar-refractivity contribution in [2.24, 2.45) is 5.84 Å². The van der Waals surface area contributed by atoms with Crippen molar-refractivity contribution >= 4 is 12.0 Å². The minimum Gasteiger partial charge on any atom is -0.449 e. The van der Waals surface area contributed by atoms with Crippen LogP contribution in [0.1, 0.15) is 42.7 Å². The molecule has 6 heteroatoms. The highest BCUT2D eigenvalue weighted by molar-refractivity contribution is 5.79. The van der Waals surface area contributed by atoms with Gasteiger partial charge in [0.05, 0.1) is 0 Å². The fourth-order valence-corrected chi connectivity index (χ4v) is 3.50. The van der Waals surface area contributed by atoms with Crippen molar-refractivity contribution in [1.29, 1.82) is 0 Å². The predicted molar refractivity (Wildman–Crippen MR) is 104 cm³/mol. The lowest BCUT2D eigenvalue weighted by Crippen LogP contribution is -2.29. The van der Waals surface area contributed by atoms with E-state index in [9.17, 15) is 9.59 Å². The van der Waals surface area contributed by atoms with Gasteiger partial charge in [0.2, 0.25) is 5.91 Å². The molecule has 0 radical (unpaired) electrons. The SMILES string of the molecule is NNC(=O)CCCCCNC(=O)OCC1c2ccccc2-c2ccccc21. The second kappa shape index (κ2) is 9.19. The van der Waals surface area contributed by atoms with Crippen LogP contribution in [0.15, 0.2) is 48.5 Å².